The minimum Gasteiger partial charge on any atom is -0.490 e. The van der Waals surface area contributed by atoms with E-state index in [0.29, 0.717) is 5.75 Å². The molecule has 0 aliphatic heterocycles. The summed E-state index contributed by atoms with van der Waals surface area (Å²) in [5.74, 6) is 0.623. The van der Waals surface area contributed by atoms with E-state index in [2.05, 4.69) is 0 Å². The molecule has 18 heavy (non-hydrogen) atoms. The molecule has 2 rings (SSSR count). The van der Waals surface area contributed by atoms with Crippen molar-refractivity contribution in [1.82, 2.24) is 0 Å². The Hall–Kier alpha value is -1.58. The van der Waals surface area contributed by atoms with Crippen LogP contribution in [-0.2, 0) is 6.61 Å². The zero-order chi connectivity index (χ0) is 13.2. The van der Waals surface area contributed by atoms with Crippen LogP contribution in [-0.4, -0.2) is 22.4 Å². The Morgan fingerprint density at radius 1 is 1.11 bits per heavy atom. The van der Waals surface area contributed by atoms with Crippen LogP contribution >= 0.6 is 0 Å². The second-order valence-electron chi connectivity index (χ2n) is 5.02. The molecule has 96 valence electrons. The first kappa shape index (κ1) is 12.9. The van der Waals surface area contributed by atoms with E-state index >= 15 is 0 Å². The van der Waals surface area contributed by atoms with E-state index in [1.54, 1.807) is 13.8 Å². The smallest absolute Gasteiger partial charge is 0.125 e. The molecule has 0 unspecified atom stereocenters. The Labute approximate surface area is 107 Å². The second kappa shape index (κ2) is 4.96. The normalized spacial score (nSPS) is 11.8. The molecule has 0 spiro atoms. The lowest BCUT2D eigenvalue weighted by Gasteiger charge is -2.19. The summed E-state index contributed by atoms with van der Waals surface area (Å²) in [7, 11) is 0. The maximum absolute atomic E-state index is 9.67. The van der Waals surface area contributed by atoms with Gasteiger partial charge < -0.3 is 14.9 Å². The number of ether oxygens (including phenoxy) is 1. The molecule has 0 amide bonds. The summed E-state index contributed by atoms with van der Waals surface area (Å²) in [6, 6.07) is 11.6. The van der Waals surface area contributed by atoms with E-state index < -0.39 is 5.60 Å². The van der Waals surface area contributed by atoms with Crippen LogP contribution in [0.4, 0.5) is 0 Å². The van der Waals surface area contributed by atoms with Gasteiger partial charge in [0.25, 0.3) is 0 Å². The second-order valence-corrected chi connectivity index (χ2v) is 5.02. The first-order chi connectivity index (χ1) is 8.51. The Bertz CT molecular complexity index is 541. The third kappa shape index (κ3) is 2.81. The summed E-state index contributed by atoms with van der Waals surface area (Å²) < 4.78 is 5.59. The highest BCUT2D eigenvalue weighted by atomic mass is 16.5. The Morgan fingerprint density at radius 2 is 1.83 bits per heavy atom. The predicted molar refractivity (Wildman–Crippen MR) is 71.7 cm³/mol. The standard InChI is InChI=1S/C15H18O3/c1-15(2,17)10-18-14-8-7-11-5-3-4-6-12(11)13(14)9-16/h3-8,16-17H,9-10H2,1-2H3. The van der Waals surface area contributed by atoms with Crippen LogP contribution in [0.15, 0.2) is 36.4 Å². The summed E-state index contributed by atoms with van der Waals surface area (Å²) in [5.41, 5.74) is -0.129. The molecule has 3 nitrogen and oxygen atoms in total. The zero-order valence-electron chi connectivity index (χ0n) is 10.7. The first-order valence-corrected chi connectivity index (χ1v) is 5.98. The van der Waals surface area contributed by atoms with Gasteiger partial charge >= 0.3 is 0 Å². The molecule has 2 aromatic rings. The molecular weight excluding hydrogens is 228 g/mol. The molecule has 0 aliphatic rings. The quantitative estimate of drug-likeness (QED) is 0.871. The summed E-state index contributed by atoms with van der Waals surface area (Å²) >= 11 is 0. The SMILES string of the molecule is CC(C)(O)COc1ccc2ccccc2c1CO. The molecule has 2 N–H and O–H groups in total. The van der Waals surface area contributed by atoms with Crippen LogP contribution in [0, 0.1) is 0 Å². The number of hydrogen-bond donors (Lipinski definition) is 2. The van der Waals surface area contributed by atoms with Crippen molar-refractivity contribution in [3.8, 4) is 5.75 Å². The van der Waals surface area contributed by atoms with Crippen molar-refractivity contribution < 1.29 is 14.9 Å². The van der Waals surface area contributed by atoms with E-state index in [-0.39, 0.29) is 13.2 Å². The lowest BCUT2D eigenvalue weighted by atomic mass is 10.0. The average molecular weight is 246 g/mol. The van der Waals surface area contributed by atoms with Crippen molar-refractivity contribution >= 4 is 10.8 Å². The van der Waals surface area contributed by atoms with Gasteiger partial charge in [0.05, 0.1) is 12.2 Å². The molecule has 0 atom stereocenters. The van der Waals surface area contributed by atoms with E-state index in [9.17, 15) is 10.2 Å². The molecule has 0 fully saturated rings. The maximum Gasteiger partial charge on any atom is 0.125 e. The largest absolute Gasteiger partial charge is 0.490 e. The van der Waals surface area contributed by atoms with Crippen LogP contribution < -0.4 is 4.74 Å². The van der Waals surface area contributed by atoms with Crippen molar-refractivity contribution in [2.75, 3.05) is 6.61 Å². The highest BCUT2D eigenvalue weighted by molar-refractivity contribution is 5.87. The molecular formula is C15H18O3. The van der Waals surface area contributed by atoms with Crippen LogP contribution in [0.3, 0.4) is 0 Å². The fourth-order valence-corrected chi connectivity index (χ4v) is 1.87. The van der Waals surface area contributed by atoms with Crippen molar-refractivity contribution in [3.63, 3.8) is 0 Å². The fraction of sp³-hybridized carbons (Fsp3) is 0.333. The molecule has 0 saturated heterocycles. The van der Waals surface area contributed by atoms with Gasteiger partial charge in [0.2, 0.25) is 0 Å². The summed E-state index contributed by atoms with van der Waals surface area (Å²) in [6.07, 6.45) is 0. The van der Waals surface area contributed by atoms with Crippen molar-refractivity contribution in [2.24, 2.45) is 0 Å². The number of fused-ring (bicyclic) bond motifs is 1. The molecule has 2 aromatic carbocycles. The lowest BCUT2D eigenvalue weighted by Crippen LogP contribution is -2.28. The number of aliphatic hydroxyl groups excluding tert-OH is 1. The van der Waals surface area contributed by atoms with Gasteiger partial charge in [0.1, 0.15) is 12.4 Å². The number of hydrogen-bond acceptors (Lipinski definition) is 3. The average Bonchev–Trinajstić information content (AvgIpc) is 2.34. The minimum atomic E-state index is -0.891. The lowest BCUT2D eigenvalue weighted by molar-refractivity contribution is 0.0278. The summed E-state index contributed by atoms with van der Waals surface area (Å²) in [6.45, 7) is 3.49. The minimum absolute atomic E-state index is 0.0808. The summed E-state index contributed by atoms with van der Waals surface area (Å²) in [5, 5.41) is 21.2. The van der Waals surface area contributed by atoms with Gasteiger partial charge in [-0.05, 0) is 30.7 Å². The van der Waals surface area contributed by atoms with Gasteiger partial charge in [-0.3, -0.25) is 0 Å². The molecule has 0 saturated carbocycles. The Kier molecular flexibility index (Phi) is 3.55. The van der Waals surface area contributed by atoms with Gasteiger partial charge in [0.15, 0.2) is 0 Å². The number of aliphatic hydroxyl groups is 2. The van der Waals surface area contributed by atoms with Crippen LogP contribution in [0.2, 0.25) is 0 Å². The van der Waals surface area contributed by atoms with Gasteiger partial charge in [0, 0.05) is 5.56 Å². The summed E-state index contributed by atoms with van der Waals surface area (Å²) in [4.78, 5) is 0. The van der Waals surface area contributed by atoms with Crippen molar-refractivity contribution in [3.05, 3.63) is 42.0 Å². The predicted octanol–water partition coefficient (Wildman–Crippen LogP) is 2.48. The van der Waals surface area contributed by atoms with E-state index in [1.165, 1.54) is 0 Å². The molecule has 3 heteroatoms. The highest BCUT2D eigenvalue weighted by Crippen LogP contribution is 2.28. The van der Waals surface area contributed by atoms with Gasteiger partial charge in [-0.25, -0.2) is 0 Å². The molecule has 0 heterocycles. The zero-order valence-corrected chi connectivity index (χ0v) is 10.7. The Morgan fingerprint density at radius 3 is 2.50 bits per heavy atom. The monoisotopic (exact) mass is 246 g/mol. The fourth-order valence-electron chi connectivity index (χ4n) is 1.87. The number of benzene rings is 2. The molecule has 0 aromatic heterocycles. The molecule has 0 radical (unpaired) electrons. The maximum atomic E-state index is 9.67. The van der Waals surface area contributed by atoms with Gasteiger partial charge in [-0.15, -0.1) is 0 Å². The third-order valence-corrected chi connectivity index (χ3v) is 2.74. The topological polar surface area (TPSA) is 49.7 Å². The van der Waals surface area contributed by atoms with Crippen molar-refractivity contribution in [2.45, 2.75) is 26.1 Å². The van der Waals surface area contributed by atoms with Gasteiger partial charge in [-0.1, -0.05) is 30.3 Å². The van der Waals surface area contributed by atoms with E-state index in [4.69, 9.17) is 4.74 Å². The highest BCUT2D eigenvalue weighted by Gasteiger charge is 2.15. The van der Waals surface area contributed by atoms with E-state index in [0.717, 1.165) is 16.3 Å². The van der Waals surface area contributed by atoms with E-state index in [1.807, 2.05) is 36.4 Å². The number of rotatable bonds is 4. The van der Waals surface area contributed by atoms with Gasteiger partial charge in [-0.2, -0.15) is 0 Å². The molecule has 0 bridgehead atoms. The first-order valence-electron chi connectivity index (χ1n) is 5.98. The van der Waals surface area contributed by atoms with Crippen LogP contribution in [0.1, 0.15) is 19.4 Å². The Balaban J connectivity index is 2.39. The van der Waals surface area contributed by atoms with Crippen molar-refractivity contribution in [1.29, 1.82) is 0 Å². The van der Waals surface area contributed by atoms with Crippen LogP contribution in [0.5, 0.6) is 5.75 Å². The molecule has 0 aliphatic carbocycles. The van der Waals surface area contributed by atoms with Crippen LogP contribution in [0.25, 0.3) is 10.8 Å². The third-order valence-electron chi connectivity index (χ3n) is 2.74.